The molecule has 4 atom stereocenters. The SMILES string of the molecule is CC(C)[C@H]1NC(=O)[C@@H](NC(=O)CCc2ccc(-c3ccc(Cl)cc3)[nH]2)CCCNC(=O)CN(C)C(=O)[C@H](Cc2ccccc2)NC(=O)[C@@H](C)NC1=O. The number of aromatic amines is 1. The molecule has 6 amide bonds. The molecule has 0 saturated carbocycles. The maximum atomic E-state index is 13.6. The third-order valence-corrected chi connectivity index (χ3v) is 9.07. The summed E-state index contributed by atoms with van der Waals surface area (Å²) in [7, 11) is 1.48. The number of rotatable bonds is 8. The number of carbonyl (C=O) groups is 6. The molecule has 0 bridgehead atoms. The smallest absolute Gasteiger partial charge is 0.245 e. The molecule has 1 aliphatic heterocycles. The summed E-state index contributed by atoms with van der Waals surface area (Å²) in [4.78, 5) is 84.4. The van der Waals surface area contributed by atoms with E-state index in [0.29, 0.717) is 17.9 Å². The zero-order chi connectivity index (χ0) is 37.8. The first kappa shape index (κ1) is 39.6. The highest BCUT2D eigenvalue weighted by Crippen LogP contribution is 2.21. The molecule has 1 aromatic heterocycles. The van der Waals surface area contributed by atoms with Gasteiger partial charge >= 0.3 is 0 Å². The van der Waals surface area contributed by atoms with Gasteiger partial charge in [-0.1, -0.05) is 67.9 Å². The van der Waals surface area contributed by atoms with Crippen molar-refractivity contribution in [3.05, 3.63) is 83.0 Å². The van der Waals surface area contributed by atoms with Crippen molar-refractivity contribution in [1.82, 2.24) is 36.5 Å². The van der Waals surface area contributed by atoms with Gasteiger partial charge in [0.2, 0.25) is 35.4 Å². The van der Waals surface area contributed by atoms with Crippen molar-refractivity contribution in [2.45, 2.75) is 77.0 Å². The van der Waals surface area contributed by atoms with Crippen LogP contribution in [0.2, 0.25) is 5.02 Å². The molecule has 2 aromatic carbocycles. The van der Waals surface area contributed by atoms with Crippen molar-refractivity contribution in [2.75, 3.05) is 20.1 Å². The van der Waals surface area contributed by atoms with Gasteiger partial charge in [-0.15, -0.1) is 0 Å². The van der Waals surface area contributed by atoms with Crippen LogP contribution in [0.15, 0.2) is 66.7 Å². The minimum Gasteiger partial charge on any atom is -0.358 e. The van der Waals surface area contributed by atoms with Gasteiger partial charge in [0.1, 0.15) is 24.2 Å². The van der Waals surface area contributed by atoms with Crippen LogP contribution in [-0.4, -0.2) is 89.6 Å². The molecule has 0 aliphatic carbocycles. The summed E-state index contributed by atoms with van der Waals surface area (Å²) >= 11 is 6.00. The number of aromatic nitrogens is 1. The van der Waals surface area contributed by atoms with Gasteiger partial charge in [0.05, 0.1) is 6.54 Å². The van der Waals surface area contributed by atoms with Crippen molar-refractivity contribution < 1.29 is 28.8 Å². The van der Waals surface area contributed by atoms with Crippen molar-refractivity contribution >= 4 is 47.0 Å². The predicted molar refractivity (Wildman–Crippen MR) is 198 cm³/mol. The van der Waals surface area contributed by atoms with E-state index in [1.54, 1.807) is 26.0 Å². The Morgan fingerprint density at radius 1 is 0.904 bits per heavy atom. The molecule has 0 radical (unpaired) electrons. The Kier molecular flexibility index (Phi) is 14.4. The number of carbonyl (C=O) groups excluding carboxylic acids is 6. The van der Waals surface area contributed by atoms with E-state index in [9.17, 15) is 28.8 Å². The van der Waals surface area contributed by atoms with E-state index in [4.69, 9.17) is 11.6 Å². The van der Waals surface area contributed by atoms with Gasteiger partial charge in [-0.2, -0.15) is 0 Å². The van der Waals surface area contributed by atoms with Crippen molar-refractivity contribution in [3.8, 4) is 11.3 Å². The molecule has 3 aromatic rings. The third-order valence-electron chi connectivity index (χ3n) is 8.82. The van der Waals surface area contributed by atoms with Crippen LogP contribution in [-0.2, 0) is 41.6 Å². The summed E-state index contributed by atoms with van der Waals surface area (Å²) < 4.78 is 0. The van der Waals surface area contributed by atoms with E-state index in [1.165, 1.54) is 18.9 Å². The number of H-pyrrole nitrogens is 1. The zero-order valence-electron chi connectivity index (χ0n) is 30.0. The molecule has 1 aliphatic rings. The van der Waals surface area contributed by atoms with E-state index in [0.717, 1.165) is 22.5 Å². The second kappa shape index (κ2) is 18.9. The van der Waals surface area contributed by atoms with Crippen LogP contribution in [0.3, 0.4) is 0 Å². The highest BCUT2D eigenvalue weighted by Gasteiger charge is 2.32. The molecule has 13 nitrogen and oxygen atoms in total. The normalized spacial score (nSPS) is 21.3. The molecule has 1 saturated heterocycles. The van der Waals surface area contributed by atoms with E-state index in [-0.39, 0.29) is 44.2 Å². The Morgan fingerprint density at radius 2 is 1.62 bits per heavy atom. The minimum absolute atomic E-state index is 0.0907. The summed E-state index contributed by atoms with van der Waals surface area (Å²) in [5, 5.41) is 14.4. The average Bonchev–Trinajstić information content (AvgIpc) is 3.59. The Bertz CT molecular complexity index is 1710. The number of likely N-dealkylation sites (N-methyl/N-ethyl adjacent to an activating group) is 1. The molecule has 6 N–H and O–H groups in total. The molecule has 0 spiro atoms. The number of nitrogens with zero attached hydrogens (tertiary/aromatic N) is 1. The lowest BCUT2D eigenvalue weighted by Crippen LogP contribution is -2.59. The third kappa shape index (κ3) is 11.7. The van der Waals surface area contributed by atoms with E-state index in [1.807, 2.05) is 54.6 Å². The van der Waals surface area contributed by atoms with Gasteiger partial charge < -0.3 is 36.5 Å². The first-order valence-corrected chi connectivity index (χ1v) is 17.9. The quantitative estimate of drug-likeness (QED) is 0.207. The maximum absolute atomic E-state index is 13.6. The number of aryl methyl sites for hydroxylation is 1. The fourth-order valence-corrected chi connectivity index (χ4v) is 5.95. The Labute approximate surface area is 309 Å². The molecule has 278 valence electrons. The van der Waals surface area contributed by atoms with Crippen LogP contribution >= 0.6 is 11.6 Å². The highest BCUT2D eigenvalue weighted by atomic mass is 35.5. The molecular formula is C38H48ClN7O6. The van der Waals surface area contributed by atoms with Crippen LogP contribution in [0.4, 0.5) is 0 Å². The van der Waals surface area contributed by atoms with Gasteiger partial charge in [-0.25, -0.2) is 0 Å². The lowest BCUT2D eigenvalue weighted by atomic mass is 10.0. The van der Waals surface area contributed by atoms with Gasteiger partial charge in [0.25, 0.3) is 0 Å². The zero-order valence-corrected chi connectivity index (χ0v) is 30.7. The molecule has 52 heavy (non-hydrogen) atoms. The molecular weight excluding hydrogens is 686 g/mol. The van der Waals surface area contributed by atoms with Crippen molar-refractivity contribution in [2.24, 2.45) is 5.92 Å². The van der Waals surface area contributed by atoms with E-state index in [2.05, 4.69) is 31.6 Å². The van der Waals surface area contributed by atoms with Crippen LogP contribution in [0, 0.1) is 5.92 Å². The Morgan fingerprint density at radius 3 is 2.31 bits per heavy atom. The van der Waals surface area contributed by atoms with Crippen LogP contribution in [0.1, 0.15) is 51.3 Å². The van der Waals surface area contributed by atoms with E-state index >= 15 is 0 Å². The van der Waals surface area contributed by atoms with Crippen LogP contribution in [0.25, 0.3) is 11.3 Å². The molecule has 1 fully saturated rings. The molecule has 2 heterocycles. The number of hydrogen-bond donors (Lipinski definition) is 6. The first-order chi connectivity index (χ1) is 24.8. The molecule has 0 unspecified atom stereocenters. The van der Waals surface area contributed by atoms with Gasteiger partial charge in [0, 0.05) is 42.8 Å². The minimum atomic E-state index is -1.06. The monoisotopic (exact) mass is 733 g/mol. The lowest BCUT2D eigenvalue weighted by molar-refractivity contribution is -0.139. The summed E-state index contributed by atoms with van der Waals surface area (Å²) in [5.41, 5.74) is 3.46. The number of nitrogens with one attached hydrogen (secondary N) is 6. The van der Waals surface area contributed by atoms with Crippen LogP contribution in [0.5, 0.6) is 0 Å². The van der Waals surface area contributed by atoms with Gasteiger partial charge in [-0.05, 0) is 67.5 Å². The number of hydrogen-bond acceptors (Lipinski definition) is 6. The topological polar surface area (TPSA) is 182 Å². The predicted octanol–water partition coefficient (Wildman–Crippen LogP) is 2.49. The van der Waals surface area contributed by atoms with E-state index < -0.39 is 53.7 Å². The number of benzene rings is 2. The summed E-state index contributed by atoms with van der Waals surface area (Å²) in [6.07, 6.45) is 1.14. The second-order valence-corrected chi connectivity index (χ2v) is 13.9. The first-order valence-electron chi connectivity index (χ1n) is 17.5. The fourth-order valence-electron chi connectivity index (χ4n) is 5.82. The fraction of sp³-hybridized carbons (Fsp3) is 0.421. The molecule has 4 rings (SSSR count). The second-order valence-electron chi connectivity index (χ2n) is 13.4. The Hall–Kier alpha value is -5.17. The van der Waals surface area contributed by atoms with Crippen molar-refractivity contribution in [3.63, 3.8) is 0 Å². The van der Waals surface area contributed by atoms with Crippen molar-refractivity contribution in [1.29, 1.82) is 0 Å². The van der Waals surface area contributed by atoms with Gasteiger partial charge in [0.15, 0.2) is 0 Å². The lowest BCUT2D eigenvalue weighted by Gasteiger charge is -2.28. The largest absolute Gasteiger partial charge is 0.358 e. The number of halogens is 1. The maximum Gasteiger partial charge on any atom is 0.245 e. The highest BCUT2D eigenvalue weighted by molar-refractivity contribution is 6.30. The number of amides is 6. The summed E-state index contributed by atoms with van der Waals surface area (Å²) in [5.74, 6) is -3.39. The summed E-state index contributed by atoms with van der Waals surface area (Å²) in [6.45, 7) is 4.90. The van der Waals surface area contributed by atoms with Crippen LogP contribution < -0.4 is 26.6 Å². The standard InChI is InChI=1S/C38H48ClN7O6/c1-23(2)34-37(51)41-24(3)35(49)44-31(21-25-9-6-5-7-10-25)38(52)46(4)22-33(48)40-20-8-11-30(36(50)45-34)43-32(47)19-17-28-16-18-29(42-28)26-12-14-27(39)15-13-26/h5-7,9-10,12-16,18,23-24,30-31,34,42H,8,11,17,19-22H2,1-4H3,(H,40,48)(H,41,51)(H,43,47)(H,44,49)(H,45,50)/t24-,30+,31+,34-/m1/s1. The Balaban J connectivity index is 1.46. The average molecular weight is 734 g/mol. The summed E-state index contributed by atoms with van der Waals surface area (Å²) in [6, 6.07) is 16.2. The van der Waals surface area contributed by atoms with Gasteiger partial charge in [-0.3, -0.25) is 28.8 Å². The molecule has 14 heteroatoms.